The summed E-state index contributed by atoms with van der Waals surface area (Å²) in [5, 5.41) is 5.43. The van der Waals surface area contributed by atoms with Crippen LogP contribution in [-0.4, -0.2) is 32.2 Å². The molecule has 2 aliphatic rings. The summed E-state index contributed by atoms with van der Waals surface area (Å²) in [6.45, 7) is 0. The van der Waals surface area contributed by atoms with Gasteiger partial charge in [-0.3, -0.25) is 4.79 Å². The van der Waals surface area contributed by atoms with Gasteiger partial charge < -0.3 is 4.52 Å². The fourth-order valence-electron chi connectivity index (χ4n) is 2.37. The van der Waals surface area contributed by atoms with Crippen molar-refractivity contribution in [1.29, 1.82) is 0 Å². The third-order valence-electron chi connectivity index (χ3n) is 3.62. The van der Waals surface area contributed by atoms with Crippen LogP contribution in [0.4, 0.5) is 13.2 Å². The number of nitrogens with zero attached hydrogens (tertiary/aromatic N) is 4. The molecular formula is C16H9F3N4O2S2. The Morgan fingerprint density at radius 3 is 2.93 bits per heavy atom. The highest BCUT2D eigenvalue weighted by Crippen LogP contribution is 2.32. The second kappa shape index (κ2) is 6.97. The number of fused-ring (bicyclic) bond motifs is 1. The molecule has 27 heavy (non-hydrogen) atoms. The van der Waals surface area contributed by atoms with Crippen LogP contribution in [-0.2, 0) is 16.7 Å². The second-order valence-corrected chi connectivity index (χ2v) is 7.43. The zero-order chi connectivity index (χ0) is 19.0. The van der Waals surface area contributed by atoms with Gasteiger partial charge in [-0.2, -0.15) is 23.1 Å². The average Bonchev–Trinajstić information content (AvgIpc) is 3.29. The van der Waals surface area contributed by atoms with Crippen LogP contribution in [0.1, 0.15) is 11.5 Å². The van der Waals surface area contributed by atoms with E-state index in [2.05, 4.69) is 20.1 Å². The van der Waals surface area contributed by atoms with Crippen molar-refractivity contribution >= 4 is 40.3 Å². The number of amidine groups is 1. The molecule has 138 valence electrons. The Labute approximate surface area is 159 Å². The van der Waals surface area contributed by atoms with Crippen molar-refractivity contribution in [1.82, 2.24) is 10.1 Å². The van der Waals surface area contributed by atoms with E-state index in [1.165, 1.54) is 23.9 Å². The monoisotopic (exact) mass is 410 g/mol. The van der Waals surface area contributed by atoms with Crippen LogP contribution in [0.5, 0.6) is 0 Å². The highest BCUT2D eigenvalue weighted by atomic mass is 32.2. The fraction of sp³-hybridized carbons (Fsp3) is 0.188. The van der Waals surface area contributed by atoms with Gasteiger partial charge in [-0.15, -0.1) is 11.8 Å². The number of thioether (sulfide) groups is 2. The van der Waals surface area contributed by atoms with E-state index in [1.54, 1.807) is 11.5 Å². The molecule has 6 nitrogen and oxygen atoms in total. The molecule has 0 bridgehead atoms. The molecule has 2 aromatic rings. The molecular weight excluding hydrogens is 401 g/mol. The summed E-state index contributed by atoms with van der Waals surface area (Å²) in [7, 11) is 0. The Morgan fingerprint density at radius 1 is 1.26 bits per heavy atom. The van der Waals surface area contributed by atoms with Gasteiger partial charge in [0.15, 0.2) is 5.17 Å². The van der Waals surface area contributed by atoms with E-state index in [-0.39, 0.29) is 39.4 Å². The standard InChI is InChI=1S/C16H9F3N4O2S2/c17-16(18,19)9-3-1-2-8(6-9)13-21-11(25-23-13)7-27-15-20-10-4-5-26-12(10)14(24)22-15/h1-6,12H,7H2. The lowest BCUT2D eigenvalue weighted by atomic mass is 10.1. The van der Waals surface area contributed by atoms with Crippen molar-refractivity contribution in [3.63, 3.8) is 0 Å². The smallest absolute Gasteiger partial charge is 0.338 e. The van der Waals surface area contributed by atoms with Gasteiger partial charge in [0.25, 0.3) is 5.91 Å². The SMILES string of the molecule is O=C1N=C(SCc2nc(-c3cccc(C(F)(F)F)c3)no2)N=C2C=CSC12. The summed E-state index contributed by atoms with van der Waals surface area (Å²) in [6, 6.07) is 4.69. The molecule has 1 atom stereocenters. The van der Waals surface area contributed by atoms with Gasteiger partial charge in [0, 0.05) is 5.56 Å². The van der Waals surface area contributed by atoms with E-state index < -0.39 is 11.7 Å². The molecule has 2 aliphatic heterocycles. The lowest BCUT2D eigenvalue weighted by molar-refractivity contribution is -0.137. The molecule has 1 aromatic carbocycles. The largest absolute Gasteiger partial charge is 0.416 e. The van der Waals surface area contributed by atoms with Crippen LogP contribution in [0.3, 0.4) is 0 Å². The summed E-state index contributed by atoms with van der Waals surface area (Å²) in [6.07, 6.45) is -2.69. The minimum atomic E-state index is -4.45. The molecule has 3 heterocycles. The average molecular weight is 410 g/mol. The Balaban J connectivity index is 1.46. The second-order valence-electron chi connectivity index (χ2n) is 5.47. The highest BCUT2D eigenvalue weighted by Gasteiger charge is 2.31. The maximum absolute atomic E-state index is 12.8. The van der Waals surface area contributed by atoms with Gasteiger partial charge in [-0.25, -0.2) is 4.99 Å². The van der Waals surface area contributed by atoms with Crippen LogP contribution < -0.4 is 0 Å². The highest BCUT2D eigenvalue weighted by molar-refractivity contribution is 8.13. The van der Waals surface area contributed by atoms with Gasteiger partial charge in [0.1, 0.15) is 5.25 Å². The first-order valence-corrected chi connectivity index (χ1v) is 9.49. The summed E-state index contributed by atoms with van der Waals surface area (Å²) in [5.41, 5.74) is 0.0626. The Bertz CT molecular complexity index is 998. The normalized spacial score (nSPS) is 19.1. The number of allylic oxidation sites excluding steroid dienone is 1. The van der Waals surface area contributed by atoms with Crippen LogP contribution >= 0.6 is 23.5 Å². The number of alkyl halides is 3. The van der Waals surface area contributed by atoms with Crippen molar-refractivity contribution in [2.45, 2.75) is 17.2 Å². The van der Waals surface area contributed by atoms with Crippen molar-refractivity contribution in [3.8, 4) is 11.4 Å². The zero-order valence-corrected chi connectivity index (χ0v) is 14.9. The van der Waals surface area contributed by atoms with Gasteiger partial charge in [-0.05, 0) is 23.6 Å². The molecule has 4 rings (SSSR count). The van der Waals surface area contributed by atoms with E-state index in [0.717, 1.165) is 23.9 Å². The molecule has 1 unspecified atom stereocenters. The molecule has 0 radical (unpaired) electrons. The Kier molecular flexibility index (Phi) is 4.64. The number of hydrogen-bond donors (Lipinski definition) is 0. The Morgan fingerprint density at radius 2 is 2.11 bits per heavy atom. The van der Waals surface area contributed by atoms with Gasteiger partial charge in [0.2, 0.25) is 11.7 Å². The van der Waals surface area contributed by atoms with Crippen LogP contribution in [0.2, 0.25) is 0 Å². The molecule has 0 N–H and O–H groups in total. The Hall–Kier alpha value is -2.40. The summed E-state index contributed by atoms with van der Waals surface area (Å²) in [4.78, 5) is 24.2. The third-order valence-corrected chi connectivity index (χ3v) is 5.46. The molecule has 0 aliphatic carbocycles. The molecule has 1 aromatic heterocycles. The van der Waals surface area contributed by atoms with E-state index in [1.807, 2.05) is 0 Å². The topological polar surface area (TPSA) is 80.7 Å². The number of benzene rings is 1. The maximum Gasteiger partial charge on any atom is 0.416 e. The van der Waals surface area contributed by atoms with E-state index in [0.29, 0.717) is 5.71 Å². The number of carbonyl (C=O) groups excluding carboxylic acids is 1. The van der Waals surface area contributed by atoms with Crippen LogP contribution in [0.25, 0.3) is 11.4 Å². The third kappa shape index (κ3) is 3.83. The van der Waals surface area contributed by atoms with Gasteiger partial charge in [0.05, 0.1) is 17.0 Å². The van der Waals surface area contributed by atoms with Crippen molar-refractivity contribution in [2.24, 2.45) is 9.98 Å². The lowest BCUT2D eigenvalue weighted by Gasteiger charge is -2.11. The number of rotatable bonds is 3. The van der Waals surface area contributed by atoms with Gasteiger partial charge in [-0.1, -0.05) is 29.1 Å². The van der Waals surface area contributed by atoms with E-state index >= 15 is 0 Å². The summed E-state index contributed by atoms with van der Waals surface area (Å²) in [5.74, 6) is 0.171. The van der Waals surface area contributed by atoms with Crippen LogP contribution in [0, 0.1) is 0 Å². The fourth-order valence-corrected chi connectivity index (χ4v) is 3.88. The number of aliphatic imine (C=N–C) groups is 2. The number of halogens is 3. The molecule has 0 saturated carbocycles. The summed E-state index contributed by atoms with van der Waals surface area (Å²) < 4.78 is 43.5. The minimum Gasteiger partial charge on any atom is -0.338 e. The van der Waals surface area contributed by atoms with Crippen molar-refractivity contribution in [3.05, 3.63) is 47.2 Å². The van der Waals surface area contributed by atoms with E-state index in [4.69, 9.17) is 4.52 Å². The van der Waals surface area contributed by atoms with Gasteiger partial charge >= 0.3 is 6.18 Å². The number of aromatic nitrogens is 2. The minimum absolute atomic E-state index is 0.0554. The number of amides is 1. The molecule has 11 heteroatoms. The molecule has 1 amide bonds. The quantitative estimate of drug-likeness (QED) is 0.762. The first kappa shape index (κ1) is 18.0. The maximum atomic E-state index is 12.8. The zero-order valence-electron chi connectivity index (χ0n) is 13.3. The predicted octanol–water partition coefficient (Wildman–Crippen LogP) is 3.95. The molecule has 0 saturated heterocycles. The predicted molar refractivity (Wildman–Crippen MR) is 96.4 cm³/mol. The first-order chi connectivity index (χ1) is 12.9. The molecule has 0 fully saturated rings. The van der Waals surface area contributed by atoms with Crippen molar-refractivity contribution in [2.75, 3.05) is 0 Å². The van der Waals surface area contributed by atoms with Crippen molar-refractivity contribution < 1.29 is 22.5 Å². The van der Waals surface area contributed by atoms with Crippen LogP contribution in [0.15, 0.2) is 50.3 Å². The van der Waals surface area contributed by atoms with E-state index in [9.17, 15) is 18.0 Å². The lowest BCUT2D eigenvalue weighted by Crippen LogP contribution is -2.26. The first-order valence-electron chi connectivity index (χ1n) is 7.56. The number of carbonyl (C=O) groups is 1. The molecule has 0 spiro atoms. The number of hydrogen-bond acceptors (Lipinski definition) is 7. The summed E-state index contributed by atoms with van der Waals surface area (Å²) >= 11 is 2.50.